The third-order valence-electron chi connectivity index (χ3n) is 6.09. The molecule has 18 heavy (non-hydrogen) atoms. The standard InChI is InChI=1S/C14H19NO3/c16-12-8-2-1-7(5-8)11(12)14(17)10-4-3-9(6-10)13(14)15-18/h7-11,17-18H,1-6H2/b15-13-/t7-,8-,9-,10-,11-,14-/m0/s1. The van der Waals surface area contributed by atoms with Gasteiger partial charge < -0.3 is 10.3 Å². The van der Waals surface area contributed by atoms with E-state index in [1.807, 2.05) is 0 Å². The van der Waals surface area contributed by atoms with Crippen molar-refractivity contribution in [2.75, 3.05) is 0 Å². The lowest BCUT2D eigenvalue weighted by molar-refractivity contribution is -0.134. The minimum absolute atomic E-state index is 0.140. The Balaban J connectivity index is 1.77. The number of aliphatic hydroxyl groups is 1. The van der Waals surface area contributed by atoms with E-state index in [-0.39, 0.29) is 29.5 Å². The molecule has 0 spiro atoms. The Morgan fingerprint density at radius 3 is 2.56 bits per heavy atom. The van der Waals surface area contributed by atoms with Gasteiger partial charge in [0.1, 0.15) is 11.4 Å². The molecule has 0 aliphatic heterocycles. The van der Waals surface area contributed by atoms with Gasteiger partial charge in [-0.05, 0) is 50.4 Å². The summed E-state index contributed by atoms with van der Waals surface area (Å²) in [6.07, 6.45) is 5.87. The average molecular weight is 249 g/mol. The van der Waals surface area contributed by atoms with Gasteiger partial charge in [-0.3, -0.25) is 4.79 Å². The maximum Gasteiger partial charge on any atom is 0.142 e. The molecule has 0 aromatic rings. The first kappa shape index (κ1) is 11.0. The third-order valence-corrected chi connectivity index (χ3v) is 6.09. The van der Waals surface area contributed by atoms with Gasteiger partial charge in [0.05, 0.1) is 11.6 Å². The number of hydrogen-bond donors (Lipinski definition) is 2. The SMILES string of the molecule is O=C1[C@H]2CC[C@@H](C2)[C@@H]1[C@]1(O)/C(=N\O)[C@H]2CC[C@H]1C2. The lowest BCUT2D eigenvalue weighted by Crippen LogP contribution is -2.54. The van der Waals surface area contributed by atoms with Gasteiger partial charge in [-0.1, -0.05) is 5.16 Å². The van der Waals surface area contributed by atoms with Crippen molar-refractivity contribution < 1.29 is 15.1 Å². The van der Waals surface area contributed by atoms with Crippen LogP contribution in [0.1, 0.15) is 38.5 Å². The molecule has 4 bridgehead atoms. The lowest BCUT2D eigenvalue weighted by Gasteiger charge is -2.40. The van der Waals surface area contributed by atoms with E-state index in [0.29, 0.717) is 11.6 Å². The number of carbonyl (C=O) groups is 1. The van der Waals surface area contributed by atoms with Crippen LogP contribution in [0.2, 0.25) is 0 Å². The van der Waals surface area contributed by atoms with Crippen LogP contribution in [0, 0.1) is 29.6 Å². The van der Waals surface area contributed by atoms with E-state index >= 15 is 0 Å². The molecule has 0 radical (unpaired) electrons. The van der Waals surface area contributed by atoms with Crippen molar-refractivity contribution in [1.29, 1.82) is 0 Å². The molecule has 6 atom stereocenters. The molecule has 0 saturated heterocycles. The van der Waals surface area contributed by atoms with E-state index in [9.17, 15) is 15.1 Å². The highest BCUT2D eigenvalue weighted by Crippen LogP contribution is 2.59. The molecule has 98 valence electrons. The Hall–Kier alpha value is -0.900. The third kappa shape index (κ3) is 1.06. The van der Waals surface area contributed by atoms with E-state index in [4.69, 9.17) is 0 Å². The van der Waals surface area contributed by atoms with Gasteiger partial charge in [0.2, 0.25) is 0 Å². The number of Topliss-reactive ketones (excluding diaryl/α,β-unsaturated/α-hetero) is 1. The van der Waals surface area contributed by atoms with Crippen molar-refractivity contribution in [2.45, 2.75) is 44.1 Å². The Morgan fingerprint density at radius 1 is 1.11 bits per heavy atom. The molecule has 0 amide bonds. The number of hydrogen-bond acceptors (Lipinski definition) is 4. The zero-order chi connectivity index (χ0) is 12.5. The molecule has 4 aliphatic rings. The summed E-state index contributed by atoms with van der Waals surface area (Å²) in [4.78, 5) is 12.4. The fraction of sp³-hybridized carbons (Fsp3) is 0.857. The van der Waals surface area contributed by atoms with Crippen LogP contribution < -0.4 is 0 Å². The first-order valence-corrected chi connectivity index (χ1v) is 7.14. The summed E-state index contributed by atoms with van der Waals surface area (Å²) in [7, 11) is 0. The van der Waals surface area contributed by atoms with Gasteiger partial charge in [-0.2, -0.15) is 0 Å². The highest BCUT2D eigenvalue weighted by Gasteiger charge is 2.66. The van der Waals surface area contributed by atoms with Gasteiger partial charge in [0, 0.05) is 11.8 Å². The van der Waals surface area contributed by atoms with Crippen molar-refractivity contribution in [1.82, 2.24) is 0 Å². The van der Waals surface area contributed by atoms with E-state index in [1.54, 1.807) is 0 Å². The number of carbonyl (C=O) groups excluding carboxylic acids is 1. The first-order chi connectivity index (χ1) is 8.66. The zero-order valence-electron chi connectivity index (χ0n) is 10.4. The van der Waals surface area contributed by atoms with Gasteiger partial charge in [0.25, 0.3) is 0 Å². The topological polar surface area (TPSA) is 69.9 Å². The largest absolute Gasteiger partial charge is 0.411 e. The summed E-state index contributed by atoms with van der Waals surface area (Å²) in [6, 6.07) is 0. The van der Waals surface area contributed by atoms with E-state index in [0.717, 1.165) is 38.5 Å². The van der Waals surface area contributed by atoms with Gasteiger partial charge in [0.15, 0.2) is 0 Å². The van der Waals surface area contributed by atoms with Crippen molar-refractivity contribution in [3.63, 3.8) is 0 Å². The fourth-order valence-corrected chi connectivity index (χ4v) is 5.38. The van der Waals surface area contributed by atoms with Gasteiger partial charge in [-0.15, -0.1) is 0 Å². The van der Waals surface area contributed by atoms with E-state index < -0.39 is 5.60 Å². The van der Waals surface area contributed by atoms with Gasteiger partial charge >= 0.3 is 0 Å². The molecule has 4 aliphatic carbocycles. The highest BCUT2D eigenvalue weighted by atomic mass is 16.4. The summed E-state index contributed by atoms with van der Waals surface area (Å²) >= 11 is 0. The molecular weight excluding hydrogens is 230 g/mol. The summed E-state index contributed by atoms with van der Waals surface area (Å²) in [6.45, 7) is 0. The minimum Gasteiger partial charge on any atom is -0.411 e. The molecule has 4 nitrogen and oxygen atoms in total. The molecule has 0 aromatic carbocycles. The highest BCUT2D eigenvalue weighted by molar-refractivity contribution is 6.03. The second-order valence-corrected chi connectivity index (χ2v) is 6.67. The molecule has 0 heterocycles. The fourth-order valence-electron chi connectivity index (χ4n) is 5.38. The smallest absolute Gasteiger partial charge is 0.142 e. The lowest BCUT2D eigenvalue weighted by atomic mass is 9.67. The maximum absolute atomic E-state index is 12.4. The normalized spacial score (nSPS) is 55.9. The van der Waals surface area contributed by atoms with Crippen molar-refractivity contribution in [3.8, 4) is 0 Å². The number of oxime groups is 1. The van der Waals surface area contributed by atoms with Crippen LogP contribution in [0.5, 0.6) is 0 Å². The number of ketones is 1. The molecular formula is C14H19NO3. The Morgan fingerprint density at radius 2 is 1.89 bits per heavy atom. The Bertz CT molecular complexity index is 446. The summed E-state index contributed by atoms with van der Waals surface area (Å²) < 4.78 is 0. The van der Waals surface area contributed by atoms with Crippen LogP contribution in [0.25, 0.3) is 0 Å². The second kappa shape index (κ2) is 3.35. The maximum atomic E-state index is 12.4. The molecule has 2 N–H and O–H groups in total. The quantitative estimate of drug-likeness (QED) is 0.547. The van der Waals surface area contributed by atoms with E-state index in [1.165, 1.54) is 0 Å². The summed E-state index contributed by atoms with van der Waals surface area (Å²) in [5.41, 5.74) is -0.598. The Kier molecular flexibility index (Phi) is 2.04. The van der Waals surface area contributed by atoms with Crippen LogP contribution in [0.3, 0.4) is 0 Å². The Labute approximate surface area is 106 Å². The average Bonchev–Trinajstić information content (AvgIpc) is 3.06. The molecule has 4 fully saturated rings. The summed E-state index contributed by atoms with van der Waals surface area (Å²) in [5, 5.41) is 23.8. The number of fused-ring (bicyclic) bond motifs is 4. The van der Waals surface area contributed by atoms with Crippen LogP contribution >= 0.6 is 0 Å². The molecule has 4 rings (SSSR count). The predicted molar refractivity (Wildman–Crippen MR) is 64.3 cm³/mol. The predicted octanol–water partition coefficient (Wildman–Crippen LogP) is 1.59. The monoisotopic (exact) mass is 249 g/mol. The first-order valence-electron chi connectivity index (χ1n) is 7.14. The summed E-state index contributed by atoms with van der Waals surface area (Å²) in [5.74, 6) is 0.797. The van der Waals surface area contributed by atoms with Crippen molar-refractivity contribution >= 4 is 11.5 Å². The van der Waals surface area contributed by atoms with E-state index in [2.05, 4.69) is 5.16 Å². The van der Waals surface area contributed by atoms with Crippen molar-refractivity contribution in [3.05, 3.63) is 0 Å². The van der Waals surface area contributed by atoms with Gasteiger partial charge in [-0.25, -0.2) is 0 Å². The molecule has 0 unspecified atom stereocenters. The second-order valence-electron chi connectivity index (χ2n) is 6.67. The molecule has 0 aromatic heterocycles. The zero-order valence-corrected chi connectivity index (χ0v) is 10.4. The number of nitrogens with zero attached hydrogens (tertiary/aromatic N) is 1. The van der Waals surface area contributed by atoms with Crippen LogP contribution in [0.4, 0.5) is 0 Å². The number of rotatable bonds is 1. The minimum atomic E-state index is -1.12. The van der Waals surface area contributed by atoms with Crippen LogP contribution in [-0.4, -0.2) is 27.4 Å². The van der Waals surface area contributed by atoms with Crippen LogP contribution in [0.15, 0.2) is 5.16 Å². The molecule has 4 saturated carbocycles. The molecule has 4 heteroatoms. The van der Waals surface area contributed by atoms with Crippen molar-refractivity contribution in [2.24, 2.45) is 34.7 Å². The van der Waals surface area contributed by atoms with Crippen LogP contribution in [-0.2, 0) is 4.79 Å².